The highest BCUT2D eigenvalue weighted by molar-refractivity contribution is 6.52. The largest absolute Gasteiger partial charge is 0.318 e. The molecule has 0 unspecified atom stereocenters. The van der Waals surface area contributed by atoms with Gasteiger partial charge in [0.2, 0.25) is 0 Å². The fourth-order valence-electron chi connectivity index (χ4n) is 1.61. The second-order valence-electron chi connectivity index (χ2n) is 3.36. The standard InChI is InChI=1S/C12H9NO3/c14-7-2-1-4-8-5-3-6-9-10(8)11(15)12(16)13-9/h1,3-7H,2H2,(H,13,15,16). The van der Waals surface area contributed by atoms with Crippen molar-refractivity contribution in [3.8, 4) is 0 Å². The summed E-state index contributed by atoms with van der Waals surface area (Å²) in [5.41, 5.74) is 1.57. The average molecular weight is 215 g/mol. The lowest BCUT2D eigenvalue weighted by atomic mass is 10.0. The number of Topliss-reactive ketones (excluding diaryl/α,β-unsaturated/α-hetero) is 1. The second-order valence-corrected chi connectivity index (χ2v) is 3.36. The van der Waals surface area contributed by atoms with Crippen molar-refractivity contribution >= 4 is 29.7 Å². The van der Waals surface area contributed by atoms with Gasteiger partial charge in [0.1, 0.15) is 6.29 Å². The molecule has 1 aromatic carbocycles. The van der Waals surface area contributed by atoms with E-state index in [-0.39, 0.29) is 0 Å². The van der Waals surface area contributed by atoms with Crippen molar-refractivity contribution < 1.29 is 14.4 Å². The molecule has 1 amide bonds. The molecule has 1 aliphatic heterocycles. The summed E-state index contributed by atoms with van der Waals surface area (Å²) < 4.78 is 0. The number of amides is 1. The molecule has 0 spiro atoms. The third-order valence-electron chi connectivity index (χ3n) is 2.31. The maximum Gasteiger partial charge on any atom is 0.296 e. The number of fused-ring (bicyclic) bond motifs is 1. The average Bonchev–Trinajstić information content (AvgIpc) is 2.56. The van der Waals surface area contributed by atoms with Crippen LogP contribution in [-0.4, -0.2) is 18.0 Å². The molecule has 1 aromatic rings. The second kappa shape index (κ2) is 4.10. The van der Waals surface area contributed by atoms with Gasteiger partial charge in [-0.05, 0) is 11.6 Å². The molecule has 16 heavy (non-hydrogen) atoms. The maximum absolute atomic E-state index is 11.5. The molecule has 0 bridgehead atoms. The minimum Gasteiger partial charge on any atom is -0.318 e. The molecule has 4 nitrogen and oxygen atoms in total. The molecule has 0 radical (unpaired) electrons. The normalized spacial score (nSPS) is 14.0. The van der Waals surface area contributed by atoms with Gasteiger partial charge in [0, 0.05) is 6.42 Å². The van der Waals surface area contributed by atoms with E-state index in [1.54, 1.807) is 30.4 Å². The number of carbonyl (C=O) groups is 3. The predicted molar refractivity (Wildman–Crippen MR) is 59.1 cm³/mol. The first kappa shape index (κ1) is 10.3. The van der Waals surface area contributed by atoms with E-state index in [0.717, 1.165) is 6.29 Å². The van der Waals surface area contributed by atoms with Crippen LogP contribution in [0, 0.1) is 0 Å². The lowest BCUT2D eigenvalue weighted by Crippen LogP contribution is -2.12. The molecule has 0 atom stereocenters. The zero-order valence-electron chi connectivity index (χ0n) is 8.40. The van der Waals surface area contributed by atoms with Crippen molar-refractivity contribution in [3.05, 3.63) is 35.4 Å². The molecule has 0 saturated carbocycles. The number of nitrogens with one attached hydrogen (secondary N) is 1. The molecular formula is C12H9NO3. The van der Waals surface area contributed by atoms with Crippen LogP contribution in [0.1, 0.15) is 22.3 Å². The highest BCUT2D eigenvalue weighted by Crippen LogP contribution is 2.27. The molecule has 2 rings (SSSR count). The number of rotatable bonds is 3. The Morgan fingerprint density at radius 3 is 2.81 bits per heavy atom. The lowest BCUT2D eigenvalue weighted by Gasteiger charge is -2.00. The van der Waals surface area contributed by atoms with Crippen LogP contribution in [0.4, 0.5) is 5.69 Å². The van der Waals surface area contributed by atoms with Crippen molar-refractivity contribution in [3.63, 3.8) is 0 Å². The van der Waals surface area contributed by atoms with E-state index >= 15 is 0 Å². The highest BCUT2D eigenvalue weighted by atomic mass is 16.2. The van der Waals surface area contributed by atoms with Gasteiger partial charge in [0.25, 0.3) is 11.7 Å². The summed E-state index contributed by atoms with van der Waals surface area (Å²) in [6.07, 6.45) is 4.38. The number of aldehydes is 1. The van der Waals surface area contributed by atoms with E-state index in [9.17, 15) is 14.4 Å². The number of hydrogen-bond acceptors (Lipinski definition) is 3. The van der Waals surface area contributed by atoms with Crippen molar-refractivity contribution in [2.45, 2.75) is 6.42 Å². The van der Waals surface area contributed by atoms with Gasteiger partial charge >= 0.3 is 0 Å². The van der Waals surface area contributed by atoms with Crippen LogP contribution < -0.4 is 5.32 Å². The molecule has 0 aromatic heterocycles. The number of benzene rings is 1. The van der Waals surface area contributed by atoms with Crippen LogP contribution in [0.3, 0.4) is 0 Å². The summed E-state index contributed by atoms with van der Waals surface area (Å²) in [6, 6.07) is 5.16. The first-order chi connectivity index (χ1) is 7.74. The molecule has 1 N–H and O–H groups in total. The zero-order chi connectivity index (χ0) is 11.5. The Kier molecular flexibility index (Phi) is 2.64. The quantitative estimate of drug-likeness (QED) is 0.612. The zero-order valence-corrected chi connectivity index (χ0v) is 8.40. The lowest BCUT2D eigenvalue weighted by molar-refractivity contribution is -0.112. The Bertz CT molecular complexity index is 503. The SMILES string of the molecule is O=CCC=Cc1cccc2c1C(=O)C(=O)N2. The minimum atomic E-state index is -0.605. The van der Waals surface area contributed by atoms with Gasteiger partial charge < -0.3 is 10.1 Å². The van der Waals surface area contributed by atoms with Gasteiger partial charge in [-0.3, -0.25) is 9.59 Å². The summed E-state index contributed by atoms with van der Waals surface area (Å²) in [7, 11) is 0. The summed E-state index contributed by atoms with van der Waals surface area (Å²) in [5, 5.41) is 2.49. The molecule has 4 heteroatoms. The Morgan fingerprint density at radius 1 is 1.25 bits per heavy atom. The van der Waals surface area contributed by atoms with E-state index in [1.807, 2.05) is 0 Å². The van der Waals surface area contributed by atoms with Crippen molar-refractivity contribution in [2.24, 2.45) is 0 Å². The van der Waals surface area contributed by atoms with Crippen LogP contribution >= 0.6 is 0 Å². The van der Waals surface area contributed by atoms with Crippen LogP contribution in [0.2, 0.25) is 0 Å². The van der Waals surface area contributed by atoms with E-state index in [4.69, 9.17) is 0 Å². The smallest absolute Gasteiger partial charge is 0.296 e. The molecule has 0 saturated heterocycles. The number of anilines is 1. The Balaban J connectivity index is 2.42. The highest BCUT2D eigenvalue weighted by Gasteiger charge is 2.29. The van der Waals surface area contributed by atoms with Crippen molar-refractivity contribution in [1.29, 1.82) is 0 Å². The molecule has 0 aliphatic carbocycles. The fourth-order valence-corrected chi connectivity index (χ4v) is 1.61. The van der Waals surface area contributed by atoms with Crippen molar-refractivity contribution in [2.75, 3.05) is 5.32 Å². The number of carbonyl (C=O) groups excluding carboxylic acids is 3. The monoisotopic (exact) mass is 215 g/mol. The van der Waals surface area contributed by atoms with E-state index in [2.05, 4.69) is 5.32 Å². The van der Waals surface area contributed by atoms with Crippen LogP contribution in [0.25, 0.3) is 6.08 Å². The van der Waals surface area contributed by atoms with Crippen molar-refractivity contribution in [1.82, 2.24) is 0 Å². The van der Waals surface area contributed by atoms with E-state index < -0.39 is 11.7 Å². The first-order valence-corrected chi connectivity index (χ1v) is 4.83. The molecule has 0 fully saturated rings. The Labute approximate surface area is 92.0 Å². The van der Waals surface area contributed by atoms with Gasteiger partial charge in [0.15, 0.2) is 0 Å². The van der Waals surface area contributed by atoms with E-state index in [0.29, 0.717) is 23.2 Å². The predicted octanol–water partition coefficient (Wildman–Crippen LogP) is 1.42. The molecule has 1 heterocycles. The van der Waals surface area contributed by atoms with Gasteiger partial charge in [-0.2, -0.15) is 0 Å². The first-order valence-electron chi connectivity index (χ1n) is 4.83. The maximum atomic E-state index is 11.5. The molecule has 80 valence electrons. The third kappa shape index (κ3) is 1.65. The van der Waals surface area contributed by atoms with Crippen LogP contribution in [-0.2, 0) is 9.59 Å². The minimum absolute atomic E-state index is 0.291. The Morgan fingerprint density at radius 2 is 2.06 bits per heavy atom. The summed E-state index contributed by atoms with van der Waals surface area (Å²) >= 11 is 0. The number of hydrogen-bond donors (Lipinski definition) is 1. The third-order valence-corrected chi connectivity index (χ3v) is 2.31. The van der Waals surface area contributed by atoms with Gasteiger partial charge in [-0.1, -0.05) is 24.3 Å². The van der Waals surface area contributed by atoms with Crippen LogP contribution in [0.5, 0.6) is 0 Å². The summed E-state index contributed by atoms with van der Waals surface area (Å²) in [4.78, 5) is 32.9. The van der Waals surface area contributed by atoms with Gasteiger partial charge in [-0.25, -0.2) is 0 Å². The summed E-state index contributed by atoms with van der Waals surface area (Å²) in [6.45, 7) is 0. The van der Waals surface area contributed by atoms with Gasteiger partial charge in [-0.15, -0.1) is 0 Å². The number of allylic oxidation sites excluding steroid dienone is 1. The topological polar surface area (TPSA) is 63.2 Å². The number of ketones is 1. The van der Waals surface area contributed by atoms with Gasteiger partial charge in [0.05, 0.1) is 11.3 Å². The summed E-state index contributed by atoms with van der Waals surface area (Å²) in [5.74, 6) is -1.13. The Hall–Kier alpha value is -2.23. The van der Waals surface area contributed by atoms with Crippen LogP contribution in [0.15, 0.2) is 24.3 Å². The molecule has 1 aliphatic rings. The molecular weight excluding hydrogens is 206 g/mol. The van der Waals surface area contributed by atoms with E-state index in [1.165, 1.54) is 0 Å². The fraction of sp³-hybridized carbons (Fsp3) is 0.0833.